The normalized spacial score (nSPS) is 18.6. The largest absolute Gasteiger partial charge is 0.478 e. The van der Waals surface area contributed by atoms with Crippen molar-refractivity contribution in [1.29, 1.82) is 0 Å². The predicted octanol–water partition coefficient (Wildman–Crippen LogP) is 6.14. The highest BCUT2D eigenvalue weighted by Gasteiger charge is 2.45. The molecule has 2 aromatic heterocycles. The number of hydrogen-bond donors (Lipinski definition) is 2. The van der Waals surface area contributed by atoms with Gasteiger partial charge >= 0.3 is 5.97 Å². The Morgan fingerprint density at radius 1 is 1.02 bits per heavy atom. The van der Waals surface area contributed by atoms with Crippen LogP contribution in [0.25, 0.3) is 10.4 Å². The Hall–Kier alpha value is -4.37. The zero-order valence-corrected chi connectivity index (χ0v) is 23.5. The highest BCUT2D eigenvalue weighted by molar-refractivity contribution is 7.17. The summed E-state index contributed by atoms with van der Waals surface area (Å²) in [6, 6.07) is 17.4. The Labute approximate surface area is 246 Å². The fourth-order valence-electron chi connectivity index (χ4n) is 6.65. The molecule has 0 unspecified atom stereocenters. The lowest BCUT2D eigenvalue weighted by molar-refractivity contribution is 0.0695. The van der Waals surface area contributed by atoms with Gasteiger partial charge in [0.25, 0.3) is 11.8 Å². The van der Waals surface area contributed by atoms with E-state index in [0.717, 1.165) is 36.8 Å². The minimum atomic E-state index is -1.17. The maximum absolute atomic E-state index is 13.6. The van der Waals surface area contributed by atoms with Crippen LogP contribution in [0.2, 0.25) is 0 Å². The number of rotatable bonds is 7. The topological polar surface area (TPSA) is 99.6 Å². The van der Waals surface area contributed by atoms with E-state index in [4.69, 9.17) is 4.98 Å². The summed E-state index contributed by atoms with van der Waals surface area (Å²) >= 11 is 1.20. The molecule has 0 bridgehead atoms. The van der Waals surface area contributed by atoms with Crippen LogP contribution in [0.1, 0.15) is 89.8 Å². The Morgan fingerprint density at radius 2 is 1.83 bits per heavy atom. The number of fused-ring (bicyclic) bond motifs is 4. The van der Waals surface area contributed by atoms with Crippen molar-refractivity contribution >= 4 is 29.1 Å². The number of carbonyl (C=O) groups excluding carboxylic acids is 2. The Bertz CT molecular complexity index is 1750. The summed E-state index contributed by atoms with van der Waals surface area (Å²) < 4.78 is 13.5. The van der Waals surface area contributed by atoms with Gasteiger partial charge in [-0.25, -0.2) is 9.18 Å². The first-order valence-corrected chi connectivity index (χ1v) is 15.0. The van der Waals surface area contributed by atoms with E-state index >= 15 is 0 Å². The molecule has 0 radical (unpaired) electrons. The van der Waals surface area contributed by atoms with Crippen LogP contribution in [-0.4, -0.2) is 39.3 Å². The summed E-state index contributed by atoms with van der Waals surface area (Å²) in [6.45, 7) is 0.605. The van der Waals surface area contributed by atoms with Crippen molar-refractivity contribution in [2.45, 2.75) is 50.6 Å². The zero-order valence-electron chi connectivity index (χ0n) is 22.7. The maximum Gasteiger partial charge on any atom is 0.338 e. The van der Waals surface area contributed by atoms with E-state index in [-0.39, 0.29) is 35.3 Å². The minimum Gasteiger partial charge on any atom is -0.478 e. The van der Waals surface area contributed by atoms with Crippen LogP contribution in [0.5, 0.6) is 0 Å². The van der Waals surface area contributed by atoms with Gasteiger partial charge in [0, 0.05) is 17.0 Å². The third-order valence-electron chi connectivity index (χ3n) is 8.64. The molecule has 0 spiro atoms. The van der Waals surface area contributed by atoms with E-state index in [1.165, 1.54) is 29.0 Å². The molecule has 3 aliphatic rings. The van der Waals surface area contributed by atoms with Crippen molar-refractivity contribution in [2.75, 3.05) is 6.54 Å². The number of nitrogens with zero attached hydrogens (tertiary/aromatic N) is 2. The summed E-state index contributed by atoms with van der Waals surface area (Å²) in [7, 11) is 0. The molecule has 2 aliphatic heterocycles. The van der Waals surface area contributed by atoms with Crippen molar-refractivity contribution in [3.8, 4) is 10.4 Å². The van der Waals surface area contributed by atoms with Crippen LogP contribution in [-0.2, 0) is 19.3 Å². The number of amides is 2. The van der Waals surface area contributed by atoms with Gasteiger partial charge in [-0.2, -0.15) is 0 Å². The molecule has 42 heavy (non-hydrogen) atoms. The monoisotopic (exact) mass is 581 g/mol. The van der Waals surface area contributed by atoms with E-state index in [2.05, 4.69) is 11.4 Å². The summed E-state index contributed by atoms with van der Waals surface area (Å²) in [5.41, 5.74) is 4.90. The Kier molecular flexibility index (Phi) is 6.61. The summed E-state index contributed by atoms with van der Waals surface area (Å²) in [4.78, 5) is 47.4. The van der Waals surface area contributed by atoms with Gasteiger partial charge in [0.15, 0.2) is 0 Å². The van der Waals surface area contributed by atoms with Gasteiger partial charge in [-0.15, -0.1) is 11.3 Å². The number of carboxylic acid groups (broad SMARTS) is 1. The number of benzene rings is 2. The van der Waals surface area contributed by atoms with Crippen LogP contribution < -0.4 is 5.32 Å². The van der Waals surface area contributed by atoms with Crippen molar-refractivity contribution in [3.63, 3.8) is 0 Å². The molecule has 212 valence electrons. The molecule has 2 amide bonds. The number of thiophene rings is 1. The quantitative estimate of drug-likeness (QED) is 0.273. The van der Waals surface area contributed by atoms with E-state index < -0.39 is 5.97 Å². The number of carboxylic acids is 1. The second kappa shape index (κ2) is 10.5. The van der Waals surface area contributed by atoms with Crippen LogP contribution in [0.4, 0.5) is 4.39 Å². The fourth-order valence-corrected chi connectivity index (χ4v) is 7.62. The minimum absolute atomic E-state index is 0.0103. The van der Waals surface area contributed by atoms with Gasteiger partial charge in [-0.3, -0.25) is 14.6 Å². The molecule has 1 saturated heterocycles. The van der Waals surface area contributed by atoms with E-state index in [1.807, 2.05) is 18.2 Å². The second-order valence-electron chi connectivity index (χ2n) is 11.1. The van der Waals surface area contributed by atoms with Gasteiger partial charge in [0.05, 0.1) is 39.5 Å². The molecule has 9 heteroatoms. The third kappa shape index (κ3) is 4.48. The number of pyridine rings is 1. The van der Waals surface area contributed by atoms with E-state index in [1.54, 1.807) is 29.2 Å². The SMILES string of the molecule is O=C(N[C@@H]1CCc2ccccc21)c1ccc(-c2c(C(=O)O)c(CCc3ccc(F)cc3)nc3c2C(=O)N2CCC[C@@H]32)s1. The lowest BCUT2D eigenvalue weighted by atomic mass is 9.93. The van der Waals surface area contributed by atoms with Gasteiger partial charge in [0.1, 0.15) is 5.82 Å². The molecule has 7 rings (SSSR count). The number of aromatic nitrogens is 1. The Morgan fingerprint density at radius 3 is 2.64 bits per heavy atom. The predicted molar refractivity (Wildman–Crippen MR) is 156 cm³/mol. The number of halogens is 1. The van der Waals surface area contributed by atoms with Gasteiger partial charge < -0.3 is 15.3 Å². The van der Waals surface area contributed by atoms with Crippen LogP contribution in [0, 0.1) is 5.82 Å². The standard InChI is InChI=1S/C33H28FN3O4S/c34-20-11-7-18(8-12-20)9-13-23-27(33(40)41)28(29-30(35-23)24-6-3-17-37(24)32(29)39)25-15-16-26(42-25)31(38)36-22-14-10-19-4-1-2-5-21(19)22/h1-2,4-5,7-8,11-12,15-16,22,24H,3,6,9-10,13-14,17H2,(H,36,38)(H,40,41)/t22-,24+/m1/s1. The van der Waals surface area contributed by atoms with Crippen molar-refractivity contribution in [1.82, 2.24) is 15.2 Å². The first-order chi connectivity index (χ1) is 20.4. The van der Waals surface area contributed by atoms with Crippen molar-refractivity contribution in [3.05, 3.63) is 111 Å². The fraction of sp³-hybridized carbons (Fsp3) is 0.273. The third-order valence-corrected chi connectivity index (χ3v) is 9.74. The Balaban J connectivity index is 1.27. The van der Waals surface area contributed by atoms with Gasteiger partial charge in [-0.1, -0.05) is 36.4 Å². The molecular formula is C33H28FN3O4S. The molecule has 0 saturated carbocycles. The zero-order chi connectivity index (χ0) is 29.0. The number of aromatic carboxylic acids is 1. The average Bonchev–Trinajstić information content (AvgIpc) is 3.79. The average molecular weight is 582 g/mol. The van der Waals surface area contributed by atoms with E-state index in [9.17, 15) is 23.9 Å². The first kappa shape index (κ1) is 26.5. The molecule has 1 fully saturated rings. The molecule has 2 N–H and O–H groups in total. The number of hydrogen-bond acceptors (Lipinski definition) is 5. The van der Waals surface area contributed by atoms with Crippen molar-refractivity contribution < 1.29 is 23.9 Å². The van der Waals surface area contributed by atoms with Crippen molar-refractivity contribution in [2.24, 2.45) is 0 Å². The molecule has 1 aliphatic carbocycles. The first-order valence-electron chi connectivity index (χ1n) is 14.2. The van der Waals surface area contributed by atoms with Gasteiger partial charge in [-0.05, 0) is 79.5 Å². The molecule has 4 aromatic rings. The second-order valence-corrected chi connectivity index (χ2v) is 12.2. The van der Waals surface area contributed by atoms with Crippen LogP contribution >= 0.6 is 11.3 Å². The molecule has 4 heterocycles. The number of aryl methyl sites for hydroxylation is 3. The molecular weight excluding hydrogens is 553 g/mol. The highest BCUT2D eigenvalue weighted by atomic mass is 32.1. The maximum atomic E-state index is 13.6. The van der Waals surface area contributed by atoms with Crippen LogP contribution in [0.15, 0.2) is 60.7 Å². The summed E-state index contributed by atoms with van der Waals surface area (Å²) in [6.07, 6.45) is 4.15. The summed E-state index contributed by atoms with van der Waals surface area (Å²) in [5.74, 6) is -1.93. The lowest BCUT2D eigenvalue weighted by Crippen LogP contribution is -2.26. The van der Waals surface area contributed by atoms with Crippen LogP contribution in [0.3, 0.4) is 0 Å². The summed E-state index contributed by atoms with van der Waals surface area (Å²) in [5, 5.41) is 13.6. The van der Waals surface area contributed by atoms with Gasteiger partial charge in [0.2, 0.25) is 0 Å². The molecule has 2 atom stereocenters. The number of carbonyl (C=O) groups is 3. The highest BCUT2D eigenvalue weighted by Crippen LogP contribution is 2.47. The molecule has 7 nitrogen and oxygen atoms in total. The molecule has 2 aromatic carbocycles. The smallest absolute Gasteiger partial charge is 0.338 e. The van der Waals surface area contributed by atoms with E-state index in [0.29, 0.717) is 51.7 Å². The lowest BCUT2D eigenvalue weighted by Gasteiger charge is -2.16. The number of nitrogens with one attached hydrogen (secondary N) is 1.